The van der Waals surface area contributed by atoms with Gasteiger partial charge in [0.1, 0.15) is 0 Å². The van der Waals surface area contributed by atoms with Crippen LogP contribution >= 0.6 is 0 Å². The van der Waals surface area contributed by atoms with E-state index in [0.717, 1.165) is 25.8 Å². The standard InChI is InChI=1S/C14H18F3NO/c1-8(18)14(4-5-14)10-6-9(13(2,16)17)7-11(15)12(10)19-3/h6-8H,4-5,18H2,1-3H3. The van der Waals surface area contributed by atoms with E-state index in [-0.39, 0.29) is 17.4 Å². The van der Waals surface area contributed by atoms with Crippen molar-refractivity contribution in [2.24, 2.45) is 5.73 Å². The molecule has 1 aromatic rings. The first-order valence-electron chi connectivity index (χ1n) is 6.24. The largest absolute Gasteiger partial charge is 0.493 e. The lowest BCUT2D eigenvalue weighted by atomic mass is 9.87. The van der Waals surface area contributed by atoms with Gasteiger partial charge in [0.15, 0.2) is 11.6 Å². The van der Waals surface area contributed by atoms with E-state index in [0.29, 0.717) is 5.56 Å². The number of nitrogens with two attached hydrogens (primary N) is 1. The van der Waals surface area contributed by atoms with Gasteiger partial charge in [0, 0.05) is 29.5 Å². The molecule has 0 aliphatic heterocycles. The Morgan fingerprint density at radius 1 is 1.37 bits per heavy atom. The quantitative estimate of drug-likeness (QED) is 0.913. The van der Waals surface area contributed by atoms with Crippen molar-refractivity contribution < 1.29 is 17.9 Å². The zero-order valence-electron chi connectivity index (χ0n) is 11.3. The lowest BCUT2D eigenvalue weighted by molar-refractivity contribution is 0.0169. The normalized spacial score (nSPS) is 19.1. The molecule has 0 radical (unpaired) electrons. The fourth-order valence-corrected chi connectivity index (χ4v) is 2.53. The van der Waals surface area contributed by atoms with Gasteiger partial charge >= 0.3 is 0 Å². The summed E-state index contributed by atoms with van der Waals surface area (Å²) in [7, 11) is 1.34. The molecule has 0 amide bonds. The number of hydrogen-bond acceptors (Lipinski definition) is 2. The van der Waals surface area contributed by atoms with E-state index in [1.54, 1.807) is 6.92 Å². The summed E-state index contributed by atoms with van der Waals surface area (Å²) in [5.74, 6) is -3.82. The molecule has 1 atom stereocenters. The van der Waals surface area contributed by atoms with Crippen LogP contribution in [0.2, 0.25) is 0 Å². The molecular weight excluding hydrogens is 255 g/mol. The highest BCUT2D eigenvalue weighted by Crippen LogP contribution is 2.54. The molecule has 0 aromatic heterocycles. The second kappa shape index (κ2) is 4.40. The van der Waals surface area contributed by atoms with Gasteiger partial charge in [-0.15, -0.1) is 0 Å². The van der Waals surface area contributed by atoms with Gasteiger partial charge in [0.25, 0.3) is 5.92 Å². The van der Waals surface area contributed by atoms with Crippen molar-refractivity contribution >= 4 is 0 Å². The predicted octanol–water partition coefficient (Wildman–Crippen LogP) is 3.32. The van der Waals surface area contributed by atoms with Crippen LogP contribution in [0.4, 0.5) is 13.2 Å². The minimum Gasteiger partial charge on any atom is -0.493 e. The Hall–Kier alpha value is -1.23. The minimum atomic E-state index is -3.09. The Kier molecular flexibility index (Phi) is 3.29. The van der Waals surface area contributed by atoms with Gasteiger partial charge in [-0.2, -0.15) is 0 Å². The maximum absolute atomic E-state index is 14.0. The Balaban J connectivity index is 2.61. The molecule has 2 rings (SSSR count). The molecule has 1 fully saturated rings. The molecule has 5 heteroatoms. The molecule has 0 saturated heterocycles. The average Bonchev–Trinajstić information content (AvgIpc) is 3.07. The summed E-state index contributed by atoms with van der Waals surface area (Å²) in [4.78, 5) is 0. The van der Waals surface area contributed by atoms with Crippen molar-refractivity contribution in [1.82, 2.24) is 0 Å². The fraction of sp³-hybridized carbons (Fsp3) is 0.571. The molecule has 19 heavy (non-hydrogen) atoms. The number of methoxy groups -OCH3 is 1. The van der Waals surface area contributed by atoms with Crippen LogP contribution in [0, 0.1) is 5.82 Å². The summed E-state index contributed by atoms with van der Waals surface area (Å²) in [5, 5.41) is 0. The van der Waals surface area contributed by atoms with Gasteiger partial charge in [-0.25, -0.2) is 13.2 Å². The first-order valence-corrected chi connectivity index (χ1v) is 6.24. The van der Waals surface area contributed by atoms with Crippen LogP contribution in [-0.4, -0.2) is 13.2 Å². The van der Waals surface area contributed by atoms with Crippen molar-refractivity contribution in [1.29, 1.82) is 0 Å². The molecule has 1 unspecified atom stereocenters. The highest BCUT2D eigenvalue weighted by atomic mass is 19.3. The lowest BCUT2D eigenvalue weighted by Gasteiger charge is -2.24. The van der Waals surface area contributed by atoms with Crippen molar-refractivity contribution in [2.75, 3.05) is 7.11 Å². The molecule has 2 N–H and O–H groups in total. The number of alkyl halides is 2. The van der Waals surface area contributed by atoms with Crippen LogP contribution in [0.5, 0.6) is 5.75 Å². The monoisotopic (exact) mass is 273 g/mol. The first kappa shape index (κ1) is 14.2. The van der Waals surface area contributed by atoms with E-state index in [4.69, 9.17) is 10.5 Å². The van der Waals surface area contributed by atoms with E-state index < -0.39 is 17.2 Å². The van der Waals surface area contributed by atoms with Gasteiger partial charge in [0.2, 0.25) is 0 Å². The van der Waals surface area contributed by atoms with Crippen LogP contribution in [0.25, 0.3) is 0 Å². The summed E-state index contributed by atoms with van der Waals surface area (Å²) >= 11 is 0. The number of hydrogen-bond donors (Lipinski definition) is 1. The van der Waals surface area contributed by atoms with Crippen LogP contribution in [-0.2, 0) is 11.3 Å². The molecular formula is C14H18F3NO. The van der Waals surface area contributed by atoms with Crippen molar-refractivity contribution in [2.45, 2.75) is 44.1 Å². The SMILES string of the molecule is COc1c(F)cc(C(C)(F)F)cc1C1(C(C)N)CC1. The van der Waals surface area contributed by atoms with E-state index in [1.165, 1.54) is 13.2 Å². The second-order valence-corrected chi connectivity index (χ2v) is 5.37. The summed E-state index contributed by atoms with van der Waals surface area (Å²) in [6.07, 6.45) is 1.53. The molecule has 0 heterocycles. The zero-order valence-corrected chi connectivity index (χ0v) is 11.3. The highest BCUT2D eigenvalue weighted by molar-refractivity contribution is 5.48. The minimum absolute atomic E-state index is 0.0304. The van der Waals surface area contributed by atoms with Gasteiger partial charge < -0.3 is 10.5 Å². The molecule has 0 spiro atoms. The van der Waals surface area contributed by atoms with E-state index >= 15 is 0 Å². The third-order valence-electron chi connectivity index (χ3n) is 3.95. The van der Waals surface area contributed by atoms with Gasteiger partial charge in [-0.3, -0.25) is 0 Å². The zero-order chi connectivity index (χ0) is 14.4. The van der Waals surface area contributed by atoms with Gasteiger partial charge in [-0.05, 0) is 31.9 Å². The van der Waals surface area contributed by atoms with Crippen molar-refractivity contribution in [3.63, 3.8) is 0 Å². The number of benzene rings is 1. The number of halogens is 3. The first-order chi connectivity index (χ1) is 8.72. The Bertz CT molecular complexity index is 490. The Morgan fingerprint density at radius 2 is 1.95 bits per heavy atom. The van der Waals surface area contributed by atoms with Crippen molar-refractivity contribution in [3.05, 3.63) is 29.1 Å². The molecule has 1 saturated carbocycles. The van der Waals surface area contributed by atoms with Crippen LogP contribution in [0.15, 0.2) is 12.1 Å². The topological polar surface area (TPSA) is 35.2 Å². The van der Waals surface area contributed by atoms with Crippen LogP contribution < -0.4 is 10.5 Å². The van der Waals surface area contributed by atoms with Crippen LogP contribution in [0.1, 0.15) is 37.8 Å². The fourth-order valence-electron chi connectivity index (χ4n) is 2.53. The average molecular weight is 273 g/mol. The van der Waals surface area contributed by atoms with Gasteiger partial charge in [0.05, 0.1) is 7.11 Å². The summed E-state index contributed by atoms with van der Waals surface area (Å²) in [5.41, 5.74) is 5.61. The Labute approximate surface area is 110 Å². The third-order valence-corrected chi connectivity index (χ3v) is 3.95. The van der Waals surface area contributed by atoms with Crippen LogP contribution in [0.3, 0.4) is 0 Å². The third kappa shape index (κ3) is 2.31. The highest BCUT2D eigenvalue weighted by Gasteiger charge is 2.50. The van der Waals surface area contributed by atoms with E-state index in [1.807, 2.05) is 0 Å². The lowest BCUT2D eigenvalue weighted by Crippen LogP contribution is -2.32. The molecule has 0 bridgehead atoms. The molecule has 1 aliphatic carbocycles. The van der Waals surface area contributed by atoms with E-state index in [9.17, 15) is 13.2 Å². The maximum Gasteiger partial charge on any atom is 0.270 e. The molecule has 2 nitrogen and oxygen atoms in total. The Morgan fingerprint density at radius 3 is 2.32 bits per heavy atom. The van der Waals surface area contributed by atoms with E-state index in [2.05, 4.69) is 0 Å². The second-order valence-electron chi connectivity index (χ2n) is 5.37. The molecule has 106 valence electrons. The number of ether oxygens (including phenoxy) is 1. The number of rotatable bonds is 4. The molecule has 1 aliphatic rings. The predicted molar refractivity (Wildman–Crippen MR) is 67.1 cm³/mol. The molecule has 1 aromatic carbocycles. The smallest absolute Gasteiger partial charge is 0.270 e. The maximum atomic E-state index is 14.0. The summed E-state index contributed by atoms with van der Waals surface area (Å²) < 4.78 is 45.9. The van der Waals surface area contributed by atoms with Crippen molar-refractivity contribution in [3.8, 4) is 5.75 Å². The summed E-state index contributed by atoms with van der Waals surface area (Å²) in [6, 6.07) is 1.93. The summed E-state index contributed by atoms with van der Waals surface area (Å²) in [6.45, 7) is 2.56. The van der Waals surface area contributed by atoms with Gasteiger partial charge in [-0.1, -0.05) is 0 Å².